The Morgan fingerprint density at radius 1 is 1.08 bits per heavy atom. The van der Waals surface area contributed by atoms with Gasteiger partial charge in [-0.05, 0) is 61.6 Å². The predicted octanol–water partition coefficient (Wildman–Crippen LogP) is 6.77. The van der Waals surface area contributed by atoms with Crippen LogP contribution >= 0.6 is 11.6 Å². The van der Waals surface area contributed by atoms with Crippen molar-refractivity contribution in [1.82, 2.24) is 10.3 Å². The number of carbonyl (C=O) groups is 1. The fourth-order valence-electron chi connectivity index (χ4n) is 5.01. The second-order valence-corrected chi connectivity index (χ2v) is 9.83. The van der Waals surface area contributed by atoms with Crippen LogP contribution < -0.4 is 10.2 Å². The number of anilines is 1. The van der Waals surface area contributed by atoms with Gasteiger partial charge in [-0.25, -0.2) is 9.37 Å². The van der Waals surface area contributed by atoms with Gasteiger partial charge in [0.25, 0.3) is 0 Å². The van der Waals surface area contributed by atoms with Crippen LogP contribution in [0.5, 0.6) is 0 Å². The van der Waals surface area contributed by atoms with Crippen LogP contribution in [0, 0.1) is 5.82 Å². The molecule has 0 spiro atoms. The molecule has 188 valence electrons. The van der Waals surface area contributed by atoms with Crippen LogP contribution in [0.25, 0.3) is 16.5 Å². The van der Waals surface area contributed by atoms with Gasteiger partial charge in [0.15, 0.2) is 0 Å². The third kappa shape index (κ3) is 4.91. The number of halogens is 5. The minimum absolute atomic E-state index is 0.00191. The third-order valence-electron chi connectivity index (χ3n) is 7.06. The van der Waals surface area contributed by atoms with E-state index in [0.717, 1.165) is 11.6 Å². The van der Waals surface area contributed by atoms with E-state index in [9.17, 15) is 22.4 Å². The van der Waals surface area contributed by atoms with Crippen molar-refractivity contribution in [1.29, 1.82) is 0 Å². The highest BCUT2D eigenvalue weighted by Crippen LogP contribution is 2.41. The van der Waals surface area contributed by atoms with Crippen LogP contribution in [0.2, 0.25) is 5.02 Å². The van der Waals surface area contributed by atoms with E-state index in [-0.39, 0.29) is 29.3 Å². The fraction of sp³-hybridized carbons (Fsp3) is 0.333. The Bertz CT molecular complexity index is 1360. The first-order valence-electron chi connectivity index (χ1n) is 11.8. The zero-order valence-corrected chi connectivity index (χ0v) is 20.3. The summed E-state index contributed by atoms with van der Waals surface area (Å²) in [6, 6.07) is 12.1. The molecule has 1 amide bonds. The summed E-state index contributed by atoms with van der Waals surface area (Å²) in [7, 11) is 1.79. The van der Waals surface area contributed by atoms with Crippen molar-refractivity contribution in [2.75, 3.05) is 11.9 Å². The quantitative estimate of drug-likeness (QED) is 0.380. The molecule has 1 fully saturated rings. The van der Waals surface area contributed by atoms with E-state index >= 15 is 0 Å². The molecule has 0 atom stereocenters. The summed E-state index contributed by atoms with van der Waals surface area (Å²) in [6.45, 7) is 0. The summed E-state index contributed by atoms with van der Waals surface area (Å²) in [4.78, 5) is 18.3. The van der Waals surface area contributed by atoms with Gasteiger partial charge in [-0.15, -0.1) is 0 Å². The number of nitrogens with one attached hydrogen (secondary N) is 1. The lowest BCUT2D eigenvalue weighted by Crippen LogP contribution is -2.42. The van der Waals surface area contributed by atoms with E-state index in [0.29, 0.717) is 59.3 Å². The highest BCUT2D eigenvalue weighted by atomic mass is 35.5. The van der Waals surface area contributed by atoms with Gasteiger partial charge < -0.3 is 10.2 Å². The lowest BCUT2D eigenvalue weighted by atomic mass is 9.89. The van der Waals surface area contributed by atoms with Gasteiger partial charge in [0.2, 0.25) is 5.91 Å². The largest absolute Gasteiger partial charge is 0.433 e. The van der Waals surface area contributed by atoms with E-state index in [2.05, 4.69) is 10.3 Å². The predicted molar refractivity (Wildman–Crippen MR) is 132 cm³/mol. The minimum Gasteiger partial charge on any atom is -0.371 e. The number of rotatable bonds is 5. The second-order valence-electron chi connectivity index (χ2n) is 9.39. The number of hydrogen-bond donors (Lipinski definition) is 1. The monoisotopic (exact) mass is 517 g/mol. The van der Waals surface area contributed by atoms with Crippen molar-refractivity contribution in [2.24, 2.45) is 0 Å². The Morgan fingerprint density at radius 3 is 2.50 bits per heavy atom. The van der Waals surface area contributed by atoms with Crippen LogP contribution in [0.15, 0.2) is 54.1 Å². The first kappa shape index (κ1) is 24.6. The smallest absolute Gasteiger partial charge is 0.371 e. The Hall–Kier alpha value is -3.13. The van der Waals surface area contributed by atoms with Crippen LogP contribution in [-0.2, 0) is 11.0 Å². The van der Waals surface area contributed by atoms with E-state index in [1.54, 1.807) is 31.3 Å². The van der Waals surface area contributed by atoms with Crippen LogP contribution in [0.1, 0.15) is 43.4 Å². The summed E-state index contributed by atoms with van der Waals surface area (Å²) in [5.74, 6) is -0.507. The SMILES string of the molecule is CN(c1cc(C(F)(F)F)nc2ccc(Cl)cc12)C1CCC(NC(=O)C2=C(c3ccccc3F)C2)CC1. The molecule has 2 aliphatic carbocycles. The molecule has 5 rings (SSSR count). The van der Waals surface area contributed by atoms with Crippen LogP contribution in [0.3, 0.4) is 0 Å². The molecular formula is C27H24ClF4N3O. The number of fused-ring (bicyclic) bond motifs is 1. The van der Waals surface area contributed by atoms with Gasteiger partial charge in [0.05, 0.1) is 5.52 Å². The number of alkyl halides is 3. The molecule has 9 heteroatoms. The summed E-state index contributed by atoms with van der Waals surface area (Å²) in [5.41, 5.74) is 1.54. The minimum atomic E-state index is -4.57. The lowest BCUT2D eigenvalue weighted by Gasteiger charge is -2.37. The van der Waals surface area contributed by atoms with Crippen molar-refractivity contribution >= 4 is 39.7 Å². The molecule has 1 N–H and O–H groups in total. The maximum atomic E-state index is 14.0. The number of allylic oxidation sites excluding steroid dienone is 1. The van der Waals surface area contributed by atoms with Crippen molar-refractivity contribution in [3.8, 4) is 0 Å². The zero-order valence-electron chi connectivity index (χ0n) is 19.5. The van der Waals surface area contributed by atoms with E-state index < -0.39 is 11.9 Å². The van der Waals surface area contributed by atoms with E-state index in [1.807, 2.05) is 4.90 Å². The molecule has 1 saturated carbocycles. The first-order chi connectivity index (χ1) is 17.1. The molecule has 0 saturated heterocycles. The average molecular weight is 518 g/mol. The van der Waals surface area contributed by atoms with Crippen molar-refractivity contribution in [3.05, 3.63) is 76.2 Å². The molecule has 36 heavy (non-hydrogen) atoms. The topological polar surface area (TPSA) is 45.2 Å². The molecule has 1 heterocycles. The molecule has 0 unspecified atom stereocenters. The van der Waals surface area contributed by atoms with Gasteiger partial charge in [0, 0.05) is 52.8 Å². The molecule has 0 aliphatic heterocycles. The Labute approximate surface area is 211 Å². The van der Waals surface area contributed by atoms with E-state index in [4.69, 9.17) is 11.6 Å². The van der Waals surface area contributed by atoms with Gasteiger partial charge in [-0.1, -0.05) is 29.8 Å². The molecule has 4 nitrogen and oxygen atoms in total. The molecule has 0 radical (unpaired) electrons. The van der Waals surface area contributed by atoms with Gasteiger partial charge in [-0.2, -0.15) is 13.2 Å². The van der Waals surface area contributed by atoms with E-state index in [1.165, 1.54) is 18.2 Å². The Kier molecular flexibility index (Phi) is 6.41. The van der Waals surface area contributed by atoms with Crippen LogP contribution in [0.4, 0.5) is 23.2 Å². The number of carbonyl (C=O) groups excluding carboxylic acids is 1. The molecule has 3 aromatic rings. The maximum Gasteiger partial charge on any atom is 0.433 e. The molecule has 1 aromatic heterocycles. The normalized spacial score (nSPS) is 19.9. The van der Waals surface area contributed by atoms with Crippen LogP contribution in [-0.4, -0.2) is 30.0 Å². The molecular weight excluding hydrogens is 494 g/mol. The van der Waals surface area contributed by atoms with Gasteiger partial charge >= 0.3 is 6.18 Å². The van der Waals surface area contributed by atoms with Crippen molar-refractivity contribution < 1.29 is 22.4 Å². The first-order valence-corrected chi connectivity index (χ1v) is 12.2. The van der Waals surface area contributed by atoms with Crippen molar-refractivity contribution in [2.45, 2.75) is 50.4 Å². The highest BCUT2D eigenvalue weighted by molar-refractivity contribution is 6.31. The molecule has 0 bridgehead atoms. The molecule has 2 aromatic carbocycles. The van der Waals surface area contributed by atoms with Gasteiger partial charge in [-0.3, -0.25) is 4.79 Å². The summed E-state index contributed by atoms with van der Waals surface area (Å²) >= 11 is 6.13. The number of hydrogen-bond acceptors (Lipinski definition) is 3. The zero-order chi connectivity index (χ0) is 25.6. The second kappa shape index (κ2) is 9.39. The lowest BCUT2D eigenvalue weighted by molar-refractivity contribution is -0.140. The molecule has 2 aliphatic rings. The number of benzene rings is 2. The number of nitrogens with zero attached hydrogens (tertiary/aromatic N) is 2. The number of aromatic nitrogens is 1. The fourth-order valence-corrected chi connectivity index (χ4v) is 5.18. The van der Waals surface area contributed by atoms with Gasteiger partial charge in [0.1, 0.15) is 11.5 Å². The number of pyridine rings is 1. The Balaban J connectivity index is 1.27. The summed E-state index contributed by atoms with van der Waals surface area (Å²) in [6.07, 6.45) is -1.30. The Morgan fingerprint density at radius 2 is 1.81 bits per heavy atom. The summed E-state index contributed by atoms with van der Waals surface area (Å²) in [5, 5.41) is 4.04. The standard InChI is InChI=1S/C27H24ClF4N3O/c1-35(24-14-25(27(30,31)32)34-23-11-6-15(28)12-21(23)24)17-9-7-16(8-10-17)33-26(36)20-13-19(20)18-4-2-3-5-22(18)29/h2-6,11-12,14,16-17H,7-10,13H2,1H3,(H,33,36). The number of amides is 1. The third-order valence-corrected chi connectivity index (χ3v) is 7.30. The average Bonchev–Trinajstić information content (AvgIpc) is 3.64. The summed E-state index contributed by atoms with van der Waals surface area (Å²) < 4.78 is 54.5. The maximum absolute atomic E-state index is 14.0. The van der Waals surface area contributed by atoms with Crippen molar-refractivity contribution in [3.63, 3.8) is 0 Å². The highest BCUT2D eigenvalue weighted by Gasteiger charge is 2.36.